The zero-order valence-corrected chi connectivity index (χ0v) is 14.7. The Morgan fingerprint density at radius 3 is 2.48 bits per heavy atom. The van der Waals surface area contributed by atoms with E-state index in [1.54, 1.807) is 12.3 Å². The second-order valence-corrected chi connectivity index (χ2v) is 8.20. The van der Waals surface area contributed by atoms with Crippen molar-refractivity contribution in [3.05, 3.63) is 40.9 Å². The quantitative estimate of drug-likeness (QED) is 0.734. The third kappa shape index (κ3) is 3.45. The Bertz CT molecular complexity index is 1040. The summed E-state index contributed by atoms with van der Waals surface area (Å²) in [6.07, 6.45) is -1.95. The van der Waals surface area contributed by atoms with Crippen LogP contribution in [0.25, 0.3) is 22.0 Å². The number of aryl methyl sites for hydroxylation is 1. The molecule has 1 N–H and O–H groups in total. The first-order valence-electron chi connectivity index (χ1n) is 6.97. The van der Waals surface area contributed by atoms with Crippen LogP contribution in [0.15, 0.2) is 28.5 Å². The molecule has 132 valence electrons. The molecule has 0 bridgehead atoms. The molecule has 0 spiro atoms. The highest BCUT2D eigenvalue weighted by Crippen LogP contribution is 2.35. The number of halogens is 3. The molecule has 0 amide bonds. The maximum absolute atomic E-state index is 14.2. The number of imidazole rings is 1. The van der Waals surface area contributed by atoms with Crippen LogP contribution in [0, 0.1) is 12.7 Å². The summed E-state index contributed by atoms with van der Waals surface area (Å²) < 4.78 is 63.3. The third-order valence-corrected chi connectivity index (χ3v) is 5.47. The number of thiazole rings is 1. The van der Waals surface area contributed by atoms with Crippen LogP contribution in [0.1, 0.15) is 17.9 Å². The number of nitrogens with zero attached hydrogens (tertiary/aromatic N) is 2. The summed E-state index contributed by atoms with van der Waals surface area (Å²) in [4.78, 5) is 10.1. The van der Waals surface area contributed by atoms with Crippen molar-refractivity contribution in [2.24, 2.45) is 0 Å². The summed E-state index contributed by atoms with van der Waals surface area (Å²) in [5.74, 6) is -1.53. The molecule has 0 aliphatic heterocycles. The third-order valence-electron chi connectivity index (χ3n) is 3.37. The number of rotatable bonds is 4. The number of aromatic amines is 1. The summed E-state index contributed by atoms with van der Waals surface area (Å²) in [5, 5.41) is 2.18. The molecule has 0 atom stereocenters. The molecule has 0 unspecified atom stereocenters. The second-order valence-electron chi connectivity index (χ2n) is 5.36. The first-order valence-corrected chi connectivity index (χ1v) is 9.74. The lowest BCUT2D eigenvalue weighted by atomic mass is 10.1. The maximum Gasteiger partial charge on any atom is 0.295 e. The molecule has 3 aromatic rings. The van der Waals surface area contributed by atoms with Gasteiger partial charge in [0.25, 0.3) is 6.43 Å². The van der Waals surface area contributed by atoms with Crippen molar-refractivity contribution in [3.8, 4) is 22.0 Å². The minimum atomic E-state index is -3.73. The highest BCUT2D eigenvalue weighted by atomic mass is 32.2. The Labute approximate surface area is 145 Å². The molecule has 10 heteroatoms. The number of nitrogens with one attached hydrogen (secondary N) is 1. The van der Waals surface area contributed by atoms with Crippen molar-refractivity contribution >= 4 is 21.2 Å². The molecule has 0 saturated heterocycles. The zero-order chi connectivity index (χ0) is 18.4. The van der Waals surface area contributed by atoms with Crippen LogP contribution in [0.4, 0.5) is 13.2 Å². The van der Waals surface area contributed by atoms with E-state index < -0.39 is 32.8 Å². The van der Waals surface area contributed by atoms with Crippen LogP contribution >= 0.6 is 11.3 Å². The van der Waals surface area contributed by atoms with Gasteiger partial charge in [0.05, 0.1) is 5.69 Å². The van der Waals surface area contributed by atoms with Gasteiger partial charge in [-0.2, -0.15) is 0 Å². The Morgan fingerprint density at radius 1 is 1.24 bits per heavy atom. The molecule has 3 rings (SSSR count). The zero-order valence-electron chi connectivity index (χ0n) is 13.0. The molecule has 0 fully saturated rings. The highest BCUT2D eigenvalue weighted by Gasteiger charge is 2.22. The molecule has 0 radical (unpaired) electrons. The van der Waals surface area contributed by atoms with Crippen LogP contribution in [0.5, 0.6) is 0 Å². The predicted octanol–water partition coefficient (Wildman–Crippen LogP) is 3.99. The van der Waals surface area contributed by atoms with Gasteiger partial charge in [0.1, 0.15) is 21.4 Å². The predicted molar refractivity (Wildman–Crippen MR) is 87.9 cm³/mol. The summed E-state index contributed by atoms with van der Waals surface area (Å²) in [7, 11) is -3.73. The van der Waals surface area contributed by atoms with E-state index >= 15 is 0 Å². The molecule has 1 aromatic carbocycles. The SMILES string of the molecule is Cc1csc(-c2[nH]c(C(F)F)nc2-c2ccc(S(C)(=O)=O)c(F)c2)n1. The monoisotopic (exact) mass is 387 g/mol. The van der Waals surface area contributed by atoms with Gasteiger partial charge in [0, 0.05) is 22.9 Å². The average Bonchev–Trinajstić information content (AvgIpc) is 3.11. The topological polar surface area (TPSA) is 75.7 Å². The van der Waals surface area contributed by atoms with E-state index in [9.17, 15) is 21.6 Å². The lowest BCUT2D eigenvalue weighted by molar-refractivity contribution is 0.141. The summed E-state index contributed by atoms with van der Waals surface area (Å²) >= 11 is 1.23. The van der Waals surface area contributed by atoms with E-state index in [0.717, 1.165) is 18.4 Å². The molecule has 0 aliphatic carbocycles. The molecule has 0 saturated carbocycles. The number of sulfone groups is 1. The van der Waals surface area contributed by atoms with E-state index in [4.69, 9.17) is 0 Å². The lowest BCUT2D eigenvalue weighted by Gasteiger charge is -2.04. The van der Waals surface area contributed by atoms with Gasteiger partial charge in [-0.25, -0.2) is 31.6 Å². The Morgan fingerprint density at radius 2 is 1.96 bits per heavy atom. The summed E-state index contributed by atoms with van der Waals surface area (Å²) in [6.45, 7) is 1.75. The number of hydrogen-bond acceptors (Lipinski definition) is 5. The first-order chi connectivity index (χ1) is 11.7. The number of aromatic nitrogens is 3. The fourth-order valence-electron chi connectivity index (χ4n) is 2.28. The summed E-state index contributed by atoms with van der Waals surface area (Å²) in [6, 6.07) is 3.38. The van der Waals surface area contributed by atoms with Crippen molar-refractivity contribution in [2.75, 3.05) is 6.26 Å². The minimum Gasteiger partial charge on any atom is -0.335 e. The van der Waals surface area contributed by atoms with Crippen LogP contribution in [0.3, 0.4) is 0 Å². The Balaban J connectivity index is 2.18. The molecule has 25 heavy (non-hydrogen) atoms. The molecule has 5 nitrogen and oxygen atoms in total. The Hall–Kier alpha value is -2.20. The van der Waals surface area contributed by atoms with Crippen LogP contribution in [0.2, 0.25) is 0 Å². The fraction of sp³-hybridized carbons (Fsp3) is 0.200. The van der Waals surface area contributed by atoms with Gasteiger partial charge in [0.15, 0.2) is 15.7 Å². The molecule has 2 aromatic heterocycles. The largest absolute Gasteiger partial charge is 0.335 e. The van der Waals surface area contributed by atoms with Crippen molar-refractivity contribution in [1.82, 2.24) is 15.0 Å². The van der Waals surface area contributed by atoms with Crippen molar-refractivity contribution in [2.45, 2.75) is 18.2 Å². The molecular weight excluding hydrogens is 375 g/mol. The van der Waals surface area contributed by atoms with Gasteiger partial charge in [0.2, 0.25) is 0 Å². The van der Waals surface area contributed by atoms with E-state index in [1.807, 2.05) is 0 Å². The number of alkyl halides is 2. The van der Waals surface area contributed by atoms with E-state index in [2.05, 4.69) is 15.0 Å². The van der Waals surface area contributed by atoms with Gasteiger partial charge in [-0.3, -0.25) is 0 Å². The Kier molecular flexibility index (Phi) is 4.41. The van der Waals surface area contributed by atoms with Crippen molar-refractivity contribution < 1.29 is 21.6 Å². The number of benzene rings is 1. The number of hydrogen-bond donors (Lipinski definition) is 1. The van der Waals surface area contributed by atoms with Gasteiger partial charge >= 0.3 is 0 Å². The van der Waals surface area contributed by atoms with E-state index in [1.165, 1.54) is 17.4 Å². The average molecular weight is 387 g/mol. The smallest absolute Gasteiger partial charge is 0.295 e. The van der Waals surface area contributed by atoms with Gasteiger partial charge in [-0.15, -0.1) is 11.3 Å². The standard InChI is InChI=1S/C15H12F3N3O2S2/c1-7-6-24-15(19-7)12-11(20-14(21-12)13(17)18)8-3-4-10(9(16)5-8)25(2,22)23/h3-6,13H,1-2H3,(H,20,21). The van der Waals surface area contributed by atoms with Gasteiger partial charge in [-0.1, -0.05) is 6.07 Å². The second kappa shape index (κ2) is 6.26. The van der Waals surface area contributed by atoms with E-state index in [-0.39, 0.29) is 17.0 Å². The number of H-pyrrole nitrogens is 1. The minimum absolute atomic E-state index is 0.0867. The molecule has 0 aliphatic rings. The fourth-order valence-corrected chi connectivity index (χ4v) is 3.80. The molecular formula is C15H12F3N3O2S2. The van der Waals surface area contributed by atoms with E-state index in [0.29, 0.717) is 10.7 Å². The summed E-state index contributed by atoms with van der Waals surface area (Å²) in [5.41, 5.74) is 1.21. The van der Waals surface area contributed by atoms with Crippen molar-refractivity contribution in [1.29, 1.82) is 0 Å². The lowest BCUT2D eigenvalue weighted by Crippen LogP contribution is -2.00. The molecule has 2 heterocycles. The maximum atomic E-state index is 14.2. The van der Waals surface area contributed by atoms with Crippen LogP contribution in [-0.4, -0.2) is 29.6 Å². The normalized spacial score (nSPS) is 12.1. The highest BCUT2D eigenvalue weighted by molar-refractivity contribution is 7.90. The van der Waals surface area contributed by atoms with Gasteiger partial charge in [-0.05, 0) is 19.1 Å². The van der Waals surface area contributed by atoms with Gasteiger partial charge < -0.3 is 4.98 Å². The first kappa shape index (κ1) is 17.6. The van der Waals surface area contributed by atoms with Crippen LogP contribution in [-0.2, 0) is 9.84 Å². The van der Waals surface area contributed by atoms with Crippen LogP contribution < -0.4 is 0 Å². The van der Waals surface area contributed by atoms with Crippen molar-refractivity contribution in [3.63, 3.8) is 0 Å².